The average Bonchev–Trinajstić information content (AvgIpc) is 3.24. The molecule has 0 aliphatic heterocycles. The van der Waals surface area contributed by atoms with E-state index in [-0.39, 0.29) is 25.8 Å². The Hall–Kier alpha value is -2.53. The highest BCUT2D eigenvalue weighted by Crippen LogP contribution is 2.40. The van der Waals surface area contributed by atoms with Crippen LogP contribution >= 0.6 is 0 Å². The fraction of sp³-hybridized carbons (Fsp3) is 0.500. The van der Waals surface area contributed by atoms with Crippen LogP contribution in [0.15, 0.2) is 48.5 Å². The topological polar surface area (TPSA) is 56.2 Å². The minimum atomic E-state index is -0.264. The number of aromatic nitrogens is 2. The van der Waals surface area contributed by atoms with E-state index >= 15 is 0 Å². The van der Waals surface area contributed by atoms with Gasteiger partial charge in [0.05, 0.1) is 23.7 Å². The first-order valence-corrected chi connectivity index (χ1v) is 12.7. The minimum Gasteiger partial charge on any atom is -1.00 e. The first-order valence-electron chi connectivity index (χ1n) is 12.7. The lowest BCUT2D eigenvalue weighted by Crippen LogP contribution is -3.00. The van der Waals surface area contributed by atoms with Crippen LogP contribution in [-0.4, -0.2) is 28.6 Å². The quantitative estimate of drug-likeness (QED) is 0.587. The van der Waals surface area contributed by atoms with Crippen LogP contribution in [-0.2, 0) is 4.79 Å². The van der Waals surface area contributed by atoms with Gasteiger partial charge in [0, 0.05) is 6.04 Å². The molecule has 2 saturated carbocycles. The van der Waals surface area contributed by atoms with Gasteiger partial charge < -0.3 is 27.0 Å². The van der Waals surface area contributed by atoms with Gasteiger partial charge in [-0.05, 0) is 55.9 Å². The summed E-state index contributed by atoms with van der Waals surface area (Å²) in [5.74, 6) is 2.08. The van der Waals surface area contributed by atoms with Crippen LogP contribution in [0.4, 0.5) is 0 Å². The molecule has 5 nitrogen and oxygen atoms in total. The zero-order valence-electron chi connectivity index (χ0n) is 21.0. The van der Waals surface area contributed by atoms with E-state index in [1.54, 1.807) is 7.11 Å². The highest BCUT2D eigenvalue weighted by molar-refractivity contribution is 5.88. The molecule has 2 aliphatic rings. The number of methoxy groups -OCH3 is 1. The molecule has 1 amide bonds. The van der Waals surface area contributed by atoms with E-state index < -0.39 is 0 Å². The van der Waals surface area contributed by atoms with Crippen molar-refractivity contribution in [3.8, 4) is 17.1 Å². The van der Waals surface area contributed by atoms with Gasteiger partial charge in [-0.25, -0.2) is 4.98 Å². The molecular formula is C28H36ClN3O2. The maximum atomic E-state index is 14.0. The summed E-state index contributed by atoms with van der Waals surface area (Å²) in [7, 11) is 1.69. The molecule has 0 radical (unpaired) electrons. The number of carbonyl (C=O) groups is 1. The number of rotatable bonds is 6. The van der Waals surface area contributed by atoms with Crippen molar-refractivity contribution < 1.29 is 23.4 Å². The number of hydrogen-bond donors (Lipinski definition) is 1. The second-order valence-electron chi connectivity index (χ2n) is 9.68. The van der Waals surface area contributed by atoms with Gasteiger partial charge in [0.25, 0.3) is 0 Å². The molecule has 2 aromatic carbocycles. The van der Waals surface area contributed by atoms with Crippen LogP contribution < -0.4 is 22.5 Å². The number of nitrogens with one attached hydrogen (secondary N) is 1. The molecule has 3 aromatic rings. The van der Waals surface area contributed by atoms with Crippen LogP contribution in [0.5, 0.6) is 5.75 Å². The molecule has 1 heterocycles. The lowest BCUT2D eigenvalue weighted by molar-refractivity contribution is -0.127. The molecule has 0 saturated heterocycles. The molecule has 1 N–H and O–H groups in total. The van der Waals surface area contributed by atoms with Crippen molar-refractivity contribution in [3.05, 3.63) is 48.5 Å². The van der Waals surface area contributed by atoms with E-state index in [2.05, 4.69) is 16.0 Å². The van der Waals surface area contributed by atoms with Crippen LogP contribution in [0.2, 0.25) is 0 Å². The Morgan fingerprint density at radius 1 is 0.971 bits per heavy atom. The summed E-state index contributed by atoms with van der Waals surface area (Å²) in [5, 5.41) is 3.46. The maximum absolute atomic E-state index is 14.0. The first kappa shape index (κ1) is 24.6. The Balaban J connectivity index is 0.00000171. The van der Waals surface area contributed by atoms with E-state index in [9.17, 15) is 4.79 Å². The molecule has 0 bridgehead atoms. The summed E-state index contributed by atoms with van der Waals surface area (Å²) in [6.45, 7) is 0. The monoisotopic (exact) mass is 481 g/mol. The number of ether oxygens (including phenoxy) is 1. The van der Waals surface area contributed by atoms with E-state index in [4.69, 9.17) is 9.72 Å². The molecule has 1 aromatic heterocycles. The SMILES string of the molecule is COc1ccccc1-c1nc2ccccc2n1C(C(=O)NC1CCCCC1)C1CCCCC1.[Cl-].[H+]. The van der Waals surface area contributed by atoms with Crippen LogP contribution in [0.25, 0.3) is 22.4 Å². The molecule has 2 fully saturated rings. The predicted octanol–water partition coefficient (Wildman–Crippen LogP) is 3.40. The summed E-state index contributed by atoms with van der Waals surface area (Å²) in [6, 6.07) is 16.2. The zero-order valence-corrected chi connectivity index (χ0v) is 20.8. The Kier molecular flexibility index (Phi) is 8.15. The fourth-order valence-electron chi connectivity index (χ4n) is 5.87. The molecule has 0 spiro atoms. The lowest BCUT2D eigenvalue weighted by Gasteiger charge is -2.34. The fourth-order valence-corrected chi connectivity index (χ4v) is 5.87. The molecular weight excluding hydrogens is 446 g/mol. The third-order valence-corrected chi connectivity index (χ3v) is 7.54. The molecule has 182 valence electrons. The highest BCUT2D eigenvalue weighted by atomic mass is 35.5. The summed E-state index contributed by atoms with van der Waals surface area (Å²) < 4.78 is 7.93. The minimum absolute atomic E-state index is 0. The zero-order chi connectivity index (χ0) is 22.6. The van der Waals surface area contributed by atoms with Crippen molar-refractivity contribution in [2.75, 3.05) is 7.11 Å². The Morgan fingerprint density at radius 2 is 1.62 bits per heavy atom. The first-order chi connectivity index (χ1) is 16.3. The maximum Gasteiger partial charge on any atom is 1.00 e. The van der Waals surface area contributed by atoms with E-state index in [0.717, 1.165) is 53.9 Å². The number of nitrogens with zero attached hydrogens (tertiary/aromatic N) is 2. The second kappa shape index (κ2) is 11.3. The third kappa shape index (κ3) is 4.95. The van der Waals surface area contributed by atoms with Crippen molar-refractivity contribution >= 4 is 16.9 Å². The van der Waals surface area contributed by atoms with E-state index in [1.165, 1.54) is 38.5 Å². The van der Waals surface area contributed by atoms with Crippen molar-refractivity contribution in [2.45, 2.75) is 76.3 Å². The number of carbonyl (C=O) groups excluding carboxylic acids is 1. The normalized spacial score (nSPS) is 18.3. The van der Waals surface area contributed by atoms with Crippen LogP contribution in [0.1, 0.15) is 71.7 Å². The van der Waals surface area contributed by atoms with Gasteiger partial charge in [-0.15, -0.1) is 0 Å². The van der Waals surface area contributed by atoms with Crippen LogP contribution in [0.3, 0.4) is 0 Å². The summed E-state index contributed by atoms with van der Waals surface area (Å²) >= 11 is 0. The molecule has 34 heavy (non-hydrogen) atoms. The molecule has 6 heteroatoms. The van der Waals surface area contributed by atoms with Crippen molar-refractivity contribution in [1.82, 2.24) is 14.9 Å². The number of benzene rings is 2. The second-order valence-corrected chi connectivity index (χ2v) is 9.68. The highest BCUT2D eigenvalue weighted by Gasteiger charge is 2.35. The predicted molar refractivity (Wildman–Crippen MR) is 133 cm³/mol. The number of imidazole rings is 1. The average molecular weight is 482 g/mol. The molecule has 1 unspecified atom stereocenters. The van der Waals surface area contributed by atoms with Crippen molar-refractivity contribution in [3.63, 3.8) is 0 Å². The van der Waals surface area contributed by atoms with Gasteiger partial charge in [0.2, 0.25) is 5.91 Å². The van der Waals surface area contributed by atoms with Gasteiger partial charge in [0.15, 0.2) is 0 Å². The van der Waals surface area contributed by atoms with Crippen LogP contribution in [0, 0.1) is 5.92 Å². The molecule has 5 rings (SSSR count). The Morgan fingerprint density at radius 3 is 2.35 bits per heavy atom. The number of para-hydroxylation sites is 3. The summed E-state index contributed by atoms with van der Waals surface area (Å²) in [5.41, 5.74) is 2.87. The van der Waals surface area contributed by atoms with E-state index in [0.29, 0.717) is 12.0 Å². The lowest BCUT2D eigenvalue weighted by atomic mass is 9.82. The van der Waals surface area contributed by atoms with Gasteiger partial charge in [-0.3, -0.25) is 4.79 Å². The smallest absolute Gasteiger partial charge is 1.00 e. The number of hydrogen-bond acceptors (Lipinski definition) is 3. The van der Waals surface area contributed by atoms with Crippen molar-refractivity contribution in [2.24, 2.45) is 5.92 Å². The van der Waals surface area contributed by atoms with Gasteiger partial charge in [-0.2, -0.15) is 0 Å². The van der Waals surface area contributed by atoms with Crippen molar-refractivity contribution in [1.29, 1.82) is 0 Å². The van der Waals surface area contributed by atoms with Gasteiger partial charge >= 0.3 is 1.43 Å². The number of amides is 1. The Bertz CT molecular complexity index is 1110. The summed E-state index contributed by atoms with van der Waals surface area (Å²) in [6.07, 6.45) is 11.7. The molecule has 1 atom stereocenters. The largest absolute Gasteiger partial charge is 1.00 e. The van der Waals surface area contributed by atoms with E-state index in [1.807, 2.05) is 42.5 Å². The van der Waals surface area contributed by atoms with Gasteiger partial charge in [-0.1, -0.05) is 62.8 Å². The number of fused-ring (bicyclic) bond motifs is 1. The number of halogens is 1. The summed E-state index contributed by atoms with van der Waals surface area (Å²) in [4.78, 5) is 19.0. The molecule has 2 aliphatic carbocycles. The third-order valence-electron chi connectivity index (χ3n) is 7.54. The Labute approximate surface area is 210 Å². The van der Waals surface area contributed by atoms with Gasteiger partial charge in [0.1, 0.15) is 17.6 Å². The standard InChI is InChI=1S/C28H35N3O2.ClH/c1-33-25-19-11-8-16-22(25)27-30-23-17-9-10-18-24(23)31(27)26(20-12-4-2-5-13-20)28(32)29-21-14-6-3-7-15-21;/h8-11,16-21,26H,2-7,12-15H2,1H3,(H,29,32);1H.